The molecule has 0 aliphatic carbocycles. The summed E-state index contributed by atoms with van der Waals surface area (Å²) in [7, 11) is 0. The van der Waals surface area contributed by atoms with Crippen molar-refractivity contribution >= 4 is 33.4 Å². The second kappa shape index (κ2) is 6.49. The zero-order chi connectivity index (χ0) is 13.8. The number of hydrogen-bond donors (Lipinski definition) is 1. The third-order valence-electron chi connectivity index (χ3n) is 3.18. The van der Waals surface area contributed by atoms with Crippen molar-refractivity contribution in [2.24, 2.45) is 0 Å². The van der Waals surface area contributed by atoms with Crippen LogP contribution in [0.5, 0.6) is 0 Å². The molecule has 0 saturated heterocycles. The summed E-state index contributed by atoms with van der Waals surface area (Å²) in [6, 6.07) is 15.3. The van der Waals surface area contributed by atoms with Crippen LogP contribution in [0.1, 0.15) is 24.1 Å². The number of benzene rings is 2. The molecule has 2 rings (SSSR count). The van der Waals surface area contributed by atoms with Crippen LogP contribution < -0.4 is 5.32 Å². The Kier molecular flexibility index (Phi) is 4.94. The van der Waals surface area contributed by atoms with Gasteiger partial charge in [-0.3, -0.25) is 0 Å². The van der Waals surface area contributed by atoms with Gasteiger partial charge in [0.05, 0.1) is 0 Å². The van der Waals surface area contributed by atoms with Gasteiger partial charge >= 0.3 is 0 Å². The summed E-state index contributed by atoms with van der Waals surface area (Å²) < 4.78 is 1.12. The van der Waals surface area contributed by atoms with Gasteiger partial charge in [0.1, 0.15) is 0 Å². The molecule has 3 heteroatoms. The Morgan fingerprint density at radius 3 is 2.37 bits per heavy atom. The Bertz CT molecular complexity index is 551. The summed E-state index contributed by atoms with van der Waals surface area (Å²) in [6.45, 7) is 4.31. The Balaban J connectivity index is 2.13. The number of halogens is 1. The molecular formula is C16H18BrNS. The molecule has 0 bridgehead atoms. The second-order valence-electron chi connectivity index (χ2n) is 4.60. The SMILES string of the molecule is CSc1ccc(C(C)Nc2ccc(Br)cc2C)cc1. The normalized spacial score (nSPS) is 12.2. The van der Waals surface area contributed by atoms with Crippen LogP contribution in [0.3, 0.4) is 0 Å². The molecule has 1 nitrogen and oxygen atoms in total. The first-order chi connectivity index (χ1) is 9.10. The largest absolute Gasteiger partial charge is 0.378 e. The Morgan fingerprint density at radius 1 is 1.11 bits per heavy atom. The minimum Gasteiger partial charge on any atom is -0.378 e. The fraction of sp³-hybridized carbons (Fsp3) is 0.250. The zero-order valence-corrected chi connectivity index (χ0v) is 13.8. The van der Waals surface area contributed by atoms with Crippen molar-refractivity contribution in [3.8, 4) is 0 Å². The predicted molar refractivity (Wildman–Crippen MR) is 89.1 cm³/mol. The van der Waals surface area contributed by atoms with Gasteiger partial charge in [-0.05, 0) is 61.6 Å². The van der Waals surface area contributed by atoms with Gasteiger partial charge in [0.15, 0.2) is 0 Å². The summed E-state index contributed by atoms with van der Waals surface area (Å²) in [4.78, 5) is 1.30. The van der Waals surface area contributed by atoms with E-state index in [1.165, 1.54) is 21.7 Å². The Hall–Kier alpha value is -0.930. The molecule has 1 N–H and O–H groups in total. The number of aryl methyl sites for hydroxylation is 1. The lowest BCUT2D eigenvalue weighted by atomic mass is 10.1. The molecule has 0 aliphatic rings. The average molecular weight is 336 g/mol. The van der Waals surface area contributed by atoms with Crippen molar-refractivity contribution in [1.82, 2.24) is 0 Å². The minimum absolute atomic E-state index is 0.302. The van der Waals surface area contributed by atoms with E-state index in [4.69, 9.17) is 0 Å². The minimum atomic E-state index is 0.302. The lowest BCUT2D eigenvalue weighted by Crippen LogP contribution is -2.07. The molecule has 2 aromatic rings. The van der Waals surface area contributed by atoms with Gasteiger partial charge in [-0.25, -0.2) is 0 Å². The van der Waals surface area contributed by atoms with Gasteiger partial charge in [0, 0.05) is 21.1 Å². The number of anilines is 1. The second-order valence-corrected chi connectivity index (χ2v) is 6.39. The first-order valence-electron chi connectivity index (χ1n) is 6.27. The monoisotopic (exact) mass is 335 g/mol. The van der Waals surface area contributed by atoms with Crippen LogP contribution in [0.25, 0.3) is 0 Å². The lowest BCUT2D eigenvalue weighted by Gasteiger charge is -2.18. The van der Waals surface area contributed by atoms with E-state index in [1.807, 2.05) is 0 Å². The van der Waals surface area contributed by atoms with Crippen LogP contribution in [-0.4, -0.2) is 6.26 Å². The molecular weight excluding hydrogens is 318 g/mol. The van der Waals surface area contributed by atoms with Crippen LogP contribution in [0.15, 0.2) is 51.8 Å². The van der Waals surface area contributed by atoms with Crippen LogP contribution >= 0.6 is 27.7 Å². The summed E-state index contributed by atoms with van der Waals surface area (Å²) in [5.41, 5.74) is 3.74. The van der Waals surface area contributed by atoms with Crippen molar-refractivity contribution in [3.05, 3.63) is 58.1 Å². The topological polar surface area (TPSA) is 12.0 Å². The van der Waals surface area contributed by atoms with Gasteiger partial charge in [0.2, 0.25) is 0 Å². The van der Waals surface area contributed by atoms with Gasteiger partial charge in [-0.1, -0.05) is 28.1 Å². The Morgan fingerprint density at radius 2 is 1.79 bits per heavy atom. The summed E-state index contributed by atoms with van der Waals surface area (Å²) in [5.74, 6) is 0. The highest BCUT2D eigenvalue weighted by molar-refractivity contribution is 9.10. The van der Waals surface area contributed by atoms with E-state index in [1.54, 1.807) is 11.8 Å². The van der Waals surface area contributed by atoms with Crippen molar-refractivity contribution in [2.45, 2.75) is 24.8 Å². The van der Waals surface area contributed by atoms with Crippen molar-refractivity contribution in [3.63, 3.8) is 0 Å². The Labute approximate surface area is 127 Å². The lowest BCUT2D eigenvalue weighted by molar-refractivity contribution is 0.880. The maximum absolute atomic E-state index is 3.56. The summed E-state index contributed by atoms with van der Waals surface area (Å²) >= 11 is 5.26. The molecule has 0 spiro atoms. The first kappa shape index (κ1) is 14.5. The highest BCUT2D eigenvalue weighted by atomic mass is 79.9. The molecule has 1 unspecified atom stereocenters. The highest BCUT2D eigenvalue weighted by Crippen LogP contribution is 2.25. The van der Waals surface area contributed by atoms with E-state index in [-0.39, 0.29) is 0 Å². The highest BCUT2D eigenvalue weighted by Gasteiger charge is 2.07. The average Bonchev–Trinajstić information content (AvgIpc) is 2.42. The number of rotatable bonds is 4. The molecule has 0 aromatic heterocycles. The molecule has 0 saturated carbocycles. The van der Waals surface area contributed by atoms with Crippen molar-refractivity contribution in [1.29, 1.82) is 0 Å². The van der Waals surface area contributed by atoms with Crippen molar-refractivity contribution < 1.29 is 0 Å². The van der Waals surface area contributed by atoms with Gasteiger partial charge < -0.3 is 5.32 Å². The van der Waals surface area contributed by atoms with Crippen molar-refractivity contribution in [2.75, 3.05) is 11.6 Å². The van der Waals surface area contributed by atoms with Crippen LogP contribution in [0.2, 0.25) is 0 Å². The zero-order valence-electron chi connectivity index (χ0n) is 11.4. The maximum atomic E-state index is 3.56. The van der Waals surface area contributed by atoms with Crippen LogP contribution in [0, 0.1) is 6.92 Å². The number of nitrogens with one attached hydrogen (secondary N) is 1. The maximum Gasteiger partial charge on any atom is 0.0485 e. The molecule has 19 heavy (non-hydrogen) atoms. The van der Waals surface area contributed by atoms with E-state index in [9.17, 15) is 0 Å². The van der Waals surface area contributed by atoms with Crippen LogP contribution in [-0.2, 0) is 0 Å². The molecule has 1 atom stereocenters. The molecule has 0 fully saturated rings. The van der Waals surface area contributed by atoms with Gasteiger partial charge in [0.25, 0.3) is 0 Å². The molecule has 100 valence electrons. The predicted octanol–water partition coefficient (Wildman–Crippen LogP) is 5.65. The van der Waals surface area contributed by atoms with E-state index in [0.29, 0.717) is 6.04 Å². The van der Waals surface area contributed by atoms with Gasteiger partial charge in [-0.15, -0.1) is 11.8 Å². The molecule has 0 heterocycles. The number of thioether (sulfide) groups is 1. The fourth-order valence-electron chi connectivity index (χ4n) is 2.00. The third kappa shape index (κ3) is 3.77. The van der Waals surface area contributed by atoms with E-state index >= 15 is 0 Å². The van der Waals surface area contributed by atoms with E-state index in [2.05, 4.69) is 83.8 Å². The number of hydrogen-bond acceptors (Lipinski definition) is 2. The smallest absolute Gasteiger partial charge is 0.0485 e. The quantitative estimate of drug-likeness (QED) is 0.724. The molecule has 0 aliphatic heterocycles. The summed E-state index contributed by atoms with van der Waals surface area (Å²) in [6.07, 6.45) is 2.10. The summed E-state index contributed by atoms with van der Waals surface area (Å²) in [5, 5.41) is 3.56. The standard InChI is InChI=1S/C16H18BrNS/c1-11-10-14(17)6-9-16(11)18-12(2)13-4-7-15(19-3)8-5-13/h4-10,12,18H,1-3H3. The van der Waals surface area contributed by atoms with E-state index < -0.39 is 0 Å². The van der Waals surface area contributed by atoms with Gasteiger partial charge in [-0.2, -0.15) is 0 Å². The molecule has 0 radical (unpaired) electrons. The van der Waals surface area contributed by atoms with E-state index in [0.717, 1.165) is 4.47 Å². The first-order valence-corrected chi connectivity index (χ1v) is 8.28. The molecule has 0 amide bonds. The van der Waals surface area contributed by atoms with Crippen LogP contribution in [0.4, 0.5) is 5.69 Å². The third-order valence-corrected chi connectivity index (χ3v) is 4.41. The molecule has 2 aromatic carbocycles. The fourth-order valence-corrected chi connectivity index (χ4v) is 2.88.